The van der Waals surface area contributed by atoms with Crippen molar-refractivity contribution in [1.29, 1.82) is 0 Å². The Morgan fingerprint density at radius 2 is 0.920 bits per heavy atom. The van der Waals surface area contributed by atoms with Crippen molar-refractivity contribution in [3.8, 4) is 0 Å². The molecule has 0 unspecified atom stereocenters. The Hall–Kier alpha value is -2.12. The molecule has 0 fully saturated rings. The van der Waals surface area contributed by atoms with Crippen LogP contribution in [0.3, 0.4) is 0 Å². The molecule has 8 nitrogen and oxygen atoms in total. The van der Waals surface area contributed by atoms with Crippen LogP contribution in [0.15, 0.2) is 0 Å². The van der Waals surface area contributed by atoms with Crippen LogP contribution in [0.1, 0.15) is 46.5 Å². The Labute approximate surface area is 148 Å². The zero-order valence-electron chi connectivity index (χ0n) is 15.0. The largest absolute Gasteiger partial charge is 0.465 e. The molecule has 25 heavy (non-hydrogen) atoms. The highest BCUT2D eigenvalue weighted by Crippen LogP contribution is 2.22. The fourth-order valence-corrected chi connectivity index (χ4v) is 1.55. The predicted octanol–water partition coefficient (Wildman–Crippen LogP) is 1.48. The highest BCUT2D eigenvalue weighted by Gasteiger charge is 2.37. The lowest BCUT2D eigenvalue weighted by atomic mass is 9.92. The molecule has 0 aliphatic carbocycles. The van der Waals surface area contributed by atoms with E-state index in [0.717, 1.165) is 0 Å². The second kappa shape index (κ2) is 12.3. The van der Waals surface area contributed by atoms with Gasteiger partial charge in [-0.25, -0.2) is 0 Å². The quantitative estimate of drug-likeness (QED) is 0.381. The lowest BCUT2D eigenvalue weighted by Crippen LogP contribution is -2.43. The average molecular weight is 358 g/mol. The number of ether oxygens (including phenoxy) is 4. The van der Waals surface area contributed by atoms with Crippen molar-refractivity contribution >= 4 is 23.9 Å². The first kappa shape index (κ1) is 22.9. The van der Waals surface area contributed by atoms with Gasteiger partial charge in [0.05, 0.1) is 0 Å². The lowest BCUT2D eigenvalue weighted by Gasteiger charge is -2.31. The Morgan fingerprint density at radius 1 is 0.640 bits per heavy atom. The Kier molecular flexibility index (Phi) is 11.2. The summed E-state index contributed by atoms with van der Waals surface area (Å²) in [6.45, 7) is 9.04. The van der Waals surface area contributed by atoms with E-state index in [1.54, 1.807) is 20.8 Å². The zero-order chi connectivity index (χ0) is 19.3. The van der Waals surface area contributed by atoms with Crippen molar-refractivity contribution in [2.24, 2.45) is 5.41 Å². The smallest absolute Gasteiger partial charge is 0.306 e. The second-order valence-corrected chi connectivity index (χ2v) is 5.41. The highest BCUT2D eigenvalue weighted by molar-refractivity contribution is 5.71. The summed E-state index contributed by atoms with van der Waals surface area (Å²) >= 11 is 0. The van der Waals surface area contributed by atoms with E-state index < -0.39 is 29.3 Å². The van der Waals surface area contributed by atoms with Crippen LogP contribution in [0.4, 0.5) is 0 Å². The molecule has 2 radical (unpaired) electrons. The fraction of sp³-hybridized carbons (Fsp3) is 0.706. The van der Waals surface area contributed by atoms with Gasteiger partial charge < -0.3 is 18.9 Å². The van der Waals surface area contributed by atoms with Gasteiger partial charge in [0.1, 0.15) is 31.8 Å². The van der Waals surface area contributed by atoms with Crippen LogP contribution < -0.4 is 0 Å². The molecule has 0 aromatic carbocycles. The molecule has 0 aliphatic rings. The molecule has 0 aliphatic heterocycles. The molecular formula is C17H26O8. The van der Waals surface area contributed by atoms with Gasteiger partial charge in [-0.05, 0) is 6.92 Å². The van der Waals surface area contributed by atoms with E-state index in [1.165, 1.54) is 0 Å². The number of esters is 4. The Bertz CT molecular complexity index is 372. The van der Waals surface area contributed by atoms with Gasteiger partial charge >= 0.3 is 23.9 Å². The molecule has 0 rings (SSSR count). The fourth-order valence-electron chi connectivity index (χ4n) is 1.55. The van der Waals surface area contributed by atoms with Gasteiger partial charge in [-0.3, -0.25) is 19.2 Å². The minimum absolute atomic E-state index is 0.141. The van der Waals surface area contributed by atoms with Gasteiger partial charge in [0, 0.05) is 25.7 Å². The summed E-state index contributed by atoms with van der Waals surface area (Å²) in [5.41, 5.74) is -1.20. The summed E-state index contributed by atoms with van der Waals surface area (Å²) in [5.74, 6) is -2.15. The minimum Gasteiger partial charge on any atom is -0.465 e. The van der Waals surface area contributed by atoms with Crippen molar-refractivity contribution in [2.45, 2.75) is 46.5 Å². The first-order chi connectivity index (χ1) is 11.8. The van der Waals surface area contributed by atoms with E-state index >= 15 is 0 Å². The standard InChI is InChI=1S/C17H26O8/c1-5-13(18)22-9-17(10-23-14(19)6-2,11-24-15(20)7-3)12-25-16(21)8-4/h1H,5-12H2,2-4H3. The van der Waals surface area contributed by atoms with E-state index in [0.29, 0.717) is 0 Å². The summed E-state index contributed by atoms with van der Waals surface area (Å²) < 4.78 is 20.3. The van der Waals surface area contributed by atoms with E-state index in [4.69, 9.17) is 25.9 Å². The summed E-state index contributed by atoms with van der Waals surface area (Å²) in [6, 6.07) is 0. The van der Waals surface area contributed by atoms with Crippen LogP contribution in [-0.2, 0) is 38.1 Å². The molecule has 0 aromatic rings. The van der Waals surface area contributed by atoms with Crippen LogP contribution in [-0.4, -0.2) is 50.3 Å². The number of carbonyl (C=O) groups excluding carboxylic acids is 4. The Balaban J connectivity index is 5.24. The summed E-state index contributed by atoms with van der Waals surface area (Å²) in [5, 5.41) is 0. The summed E-state index contributed by atoms with van der Waals surface area (Å²) in [4.78, 5) is 45.8. The molecule has 0 amide bonds. The molecule has 8 heteroatoms. The van der Waals surface area contributed by atoms with Gasteiger partial charge in [-0.15, -0.1) is 0 Å². The molecule has 0 heterocycles. The zero-order valence-corrected chi connectivity index (χ0v) is 15.0. The van der Waals surface area contributed by atoms with Crippen LogP contribution in [0, 0.1) is 12.3 Å². The molecule has 142 valence electrons. The number of carbonyl (C=O) groups is 4. The maximum absolute atomic E-state index is 11.5. The van der Waals surface area contributed by atoms with Gasteiger partial charge in [-0.2, -0.15) is 0 Å². The molecule has 0 atom stereocenters. The topological polar surface area (TPSA) is 105 Å². The number of hydrogen-bond acceptors (Lipinski definition) is 8. The van der Waals surface area contributed by atoms with Gasteiger partial charge in [-0.1, -0.05) is 20.8 Å². The molecule has 0 spiro atoms. The third kappa shape index (κ3) is 9.69. The molecule has 0 aromatic heterocycles. The van der Waals surface area contributed by atoms with Crippen LogP contribution in [0.25, 0.3) is 0 Å². The van der Waals surface area contributed by atoms with Crippen molar-refractivity contribution in [3.63, 3.8) is 0 Å². The maximum atomic E-state index is 11.5. The van der Waals surface area contributed by atoms with Gasteiger partial charge in [0.15, 0.2) is 0 Å². The summed E-state index contributed by atoms with van der Waals surface area (Å²) in [6.07, 6.45) is 0.0841. The molecule has 0 N–H and O–H groups in total. The van der Waals surface area contributed by atoms with Crippen molar-refractivity contribution in [1.82, 2.24) is 0 Å². The molecule has 0 saturated heterocycles. The first-order valence-corrected chi connectivity index (χ1v) is 8.15. The molecule has 0 saturated carbocycles. The van der Waals surface area contributed by atoms with Crippen LogP contribution >= 0.6 is 0 Å². The predicted molar refractivity (Wildman–Crippen MR) is 86.1 cm³/mol. The summed E-state index contributed by atoms with van der Waals surface area (Å²) in [7, 11) is 0. The average Bonchev–Trinajstić information content (AvgIpc) is 2.65. The third-order valence-electron chi connectivity index (χ3n) is 3.19. The molecular weight excluding hydrogens is 332 g/mol. The minimum atomic E-state index is -1.20. The third-order valence-corrected chi connectivity index (χ3v) is 3.19. The van der Waals surface area contributed by atoms with Crippen LogP contribution in [0.2, 0.25) is 0 Å². The monoisotopic (exact) mass is 358 g/mol. The highest BCUT2D eigenvalue weighted by atomic mass is 16.6. The van der Waals surface area contributed by atoms with Crippen molar-refractivity contribution in [2.75, 3.05) is 26.4 Å². The van der Waals surface area contributed by atoms with E-state index in [9.17, 15) is 19.2 Å². The lowest BCUT2D eigenvalue weighted by molar-refractivity contribution is -0.170. The van der Waals surface area contributed by atoms with E-state index in [-0.39, 0.29) is 52.1 Å². The van der Waals surface area contributed by atoms with Crippen molar-refractivity contribution in [3.05, 3.63) is 6.92 Å². The Morgan fingerprint density at radius 3 is 1.16 bits per heavy atom. The van der Waals surface area contributed by atoms with Gasteiger partial charge in [0.25, 0.3) is 0 Å². The molecule has 0 bridgehead atoms. The number of rotatable bonds is 12. The van der Waals surface area contributed by atoms with E-state index in [2.05, 4.69) is 0 Å². The SMILES string of the molecule is [CH]CC(=O)OCC(COC(=O)CC)(COC(=O)CC)COC(=O)CC. The number of hydrogen-bond donors (Lipinski definition) is 0. The normalized spacial score (nSPS) is 10.7. The van der Waals surface area contributed by atoms with Crippen LogP contribution in [0.5, 0.6) is 0 Å². The second-order valence-electron chi connectivity index (χ2n) is 5.41. The first-order valence-electron chi connectivity index (χ1n) is 8.15. The maximum Gasteiger partial charge on any atom is 0.306 e. The van der Waals surface area contributed by atoms with E-state index in [1.807, 2.05) is 0 Å². The van der Waals surface area contributed by atoms with Gasteiger partial charge in [0.2, 0.25) is 0 Å². The van der Waals surface area contributed by atoms with Crippen molar-refractivity contribution < 1.29 is 38.1 Å².